The fourth-order valence-electron chi connectivity index (χ4n) is 2.49. The molecule has 2 heterocycles. The Balaban J connectivity index is 1.91. The van der Waals surface area contributed by atoms with Crippen LogP contribution >= 0.6 is 27.3 Å². The summed E-state index contributed by atoms with van der Waals surface area (Å²) in [5.41, 5.74) is 1.45. The van der Waals surface area contributed by atoms with Gasteiger partial charge in [-0.1, -0.05) is 28.1 Å². The molecule has 126 valence electrons. The van der Waals surface area contributed by atoms with Crippen molar-refractivity contribution in [1.29, 1.82) is 0 Å². The molecule has 0 spiro atoms. The molecule has 5 nitrogen and oxygen atoms in total. The van der Waals surface area contributed by atoms with Crippen LogP contribution in [0.2, 0.25) is 0 Å². The smallest absolute Gasteiger partial charge is 0.350 e. The number of halogens is 1. The van der Waals surface area contributed by atoms with Crippen LogP contribution in [0.5, 0.6) is 0 Å². The van der Waals surface area contributed by atoms with Crippen molar-refractivity contribution in [2.45, 2.75) is 6.42 Å². The molecule has 24 heavy (non-hydrogen) atoms. The monoisotopic (exact) mass is 409 g/mol. The van der Waals surface area contributed by atoms with E-state index >= 15 is 0 Å². The first-order valence-corrected chi connectivity index (χ1v) is 9.06. The summed E-state index contributed by atoms with van der Waals surface area (Å²) < 4.78 is 11.0. The average Bonchev–Trinajstić information content (AvgIpc) is 3.24. The Bertz CT molecular complexity index is 768. The topological polar surface area (TPSA) is 64.6 Å². The van der Waals surface area contributed by atoms with Gasteiger partial charge in [-0.3, -0.25) is 4.79 Å². The maximum absolute atomic E-state index is 12.3. The lowest BCUT2D eigenvalue weighted by Gasteiger charge is -2.09. The van der Waals surface area contributed by atoms with Crippen LogP contribution in [0.25, 0.3) is 10.4 Å². The zero-order valence-corrected chi connectivity index (χ0v) is 15.4. The van der Waals surface area contributed by atoms with Gasteiger partial charge < -0.3 is 14.8 Å². The summed E-state index contributed by atoms with van der Waals surface area (Å²) >= 11 is 4.74. The van der Waals surface area contributed by atoms with Gasteiger partial charge in [0, 0.05) is 16.0 Å². The predicted molar refractivity (Wildman–Crippen MR) is 96.4 cm³/mol. The second-order valence-electron chi connectivity index (χ2n) is 5.41. The molecule has 7 heteroatoms. The van der Waals surface area contributed by atoms with Crippen molar-refractivity contribution >= 4 is 44.8 Å². The fraction of sp³-hybridized carbons (Fsp3) is 0.294. The zero-order valence-electron chi connectivity index (χ0n) is 13.0. The number of esters is 1. The van der Waals surface area contributed by atoms with Gasteiger partial charge >= 0.3 is 5.97 Å². The van der Waals surface area contributed by atoms with Crippen LogP contribution in [-0.4, -0.2) is 32.2 Å². The second kappa shape index (κ2) is 7.46. The third-order valence-electron chi connectivity index (χ3n) is 3.77. The summed E-state index contributed by atoms with van der Waals surface area (Å²) in [5, 5.41) is 2.85. The molecule has 1 fully saturated rings. The minimum absolute atomic E-state index is 0.128. The van der Waals surface area contributed by atoms with Crippen LogP contribution in [0, 0.1) is 5.92 Å². The van der Waals surface area contributed by atoms with Crippen molar-refractivity contribution in [2.75, 3.05) is 25.6 Å². The van der Waals surface area contributed by atoms with Crippen LogP contribution in [0.15, 0.2) is 34.8 Å². The largest absolute Gasteiger partial charge is 0.465 e. The summed E-state index contributed by atoms with van der Waals surface area (Å²) in [6.07, 6.45) is 0.696. The van der Waals surface area contributed by atoms with Crippen molar-refractivity contribution in [1.82, 2.24) is 0 Å². The number of carbonyl (C=O) groups excluding carboxylic acids is 2. The van der Waals surface area contributed by atoms with Crippen molar-refractivity contribution in [3.8, 4) is 10.4 Å². The fourth-order valence-corrected chi connectivity index (χ4v) is 3.92. The predicted octanol–water partition coefficient (Wildman–Crippen LogP) is 3.94. The summed E-state index contributed by atoms with van der Waals surface area (Å²) in [5.74, 6) is -0.764. The van der Waals surface area contributed by atoms with Gasteiger partial charge in [0.05, 0.1) is 25.3 Å². The Morgan fingerprint density at radius 2 is 2.21 bits per heavy atom. The van der Waals surface area contributed by atoms with Gasteiger partial charge in [-0.05, 0) is 30.2 Å². The number of methoxy groups -OCH3 is 1. The van der Waals surface area contributed by atoms with Crippen molar-refractivity contribution in [3.05, 3.63) is 39.7 Å². The number of benzene rings is 1. The quantitative estimate of drug-likeness (QED) is 0.776. The molecule has 1 saturated heterocycles. The van der Waals surface area contributed by atoms with Crippen molar-refractivity contribution < 1.29 is 19.1 Å². The highest BCUT2D eigenvalue weighted by atomic mass is 79.9. The highest BCUT2D eigenvalue weighted by molar-refractivity contribution is 9.10. The van der Waals surface area contributed by atoms with E-state index in [9.17, 15) is 9.59 Å². The first-order valence-electron chi connectivity index (χ1n) is 7.45. The molecule has 0 unspecified atom stereocenters. The van der Waals surface area contributed by atoms with Gasteiger partial charge in [-0.2, -0.15) is 0 Å². The summed E-state index contributed by atoms with van der Waals surface area (Å²) in [7, 11) is 1.33. The Morgan fingerprint density at radius 3 is 2.88 bits per heavy atom. The van der Waals surface area contributed by atoms with E-state index in [4.69, 9.17) is 9.47 Å². The molecular weight excluding hydrogens is 394 g/mol. The van der Waals surface area contributed by atoms with Gasteiger partial charge in [-0.25, -0.2) is 4.79 Å². The number of ether oxygens (including phenoxy) is 2. The molecule has 1 N–H and O–H groups in total. The van der Waals surface area contributed by atoms with E-state index in [1.807, 2.05) is 30.3 Å². The van der Waals surface area contributed by atoms with E-state index in [1.165, 1.54) is 18.4 Å². The molecule has 0 radical (unpaired) electrons. The highest BCUT2D eigenvalue weighted by Gasteiger charge is 2.26. The van der Waals surface area contributed by atoms with Crippen LogP contribution < -0.4 is 5.32 Å². The molecule has 1 aliphatic rings. The molecule has 1 atom stereocenters. The lowest BCUT2D eigenvalue weighted by molar-refractivity contribution is -0.119. The number of anilines is 1. The highest BCUT2D eigenvalue weighted by Crippen LogP contribution is 2.36. The average molecular weight is 410 g/mol. The number of hydrogen-bond acceptors (Lipinski definition) is 5. The van der Waals surface area contributed by atoms with Crippen LogP contribution in [0.3, 0.4) is 0 Å². The Morgan fingerprint density at radius 1 is 1.38 bits per heavy atom. The van der Waals surface area contributed by atoms with E-state index in [1.54, 1.807) is 0 Å². The minimum atomic E-state index is -0.459. The van der Waals surface area contributed by atoms with Gasteiger partial charge in [0.1, 0.15) is 4.88 Å². The van der Waals surface area contributed by atoms with Crippen LogP contribution in [-0.2, 0) is 14.3 Å². The Kier molecular flexibility index (Phi) is 5.33. The van der Waals surface area contributed by atoms with Gasteiger partial charge in [0.2, 0.25) is 5.91 Å². The van der Waals surface area contributed by atoms with Gasteiger partial charge in [-0.15, -0.1) is 11.3 Å². The first kappa shape index (κ1) is 17.1. The number of hydrogen-bond donors (Lipinski definition) is 1. The van der Waals surface area contributed by atoms with Crippen molar-refractivity contribution in [2.24, 2.45) is 5.92 Å². The molecule has 0 aliphatic carbocycles. The molecule has 1 aromatic carbocycles. The zero-order chi connectivity index (χ0) is 17.1. The summed E-state index contributed by atoms with van der Waals surface area (Å²) in [4.78, 5) is 25.7. The number of rotatable bonds is 4. The molecule has 3 rings (SSSR count). The van der Waals surface area contributed by atoms with E-state index in [2.05, 4.69) is 21.2 Å². The molecule has 1 aliphatic heterocycles. The molecule has 0 bridgehead atoms. The third-order valence-corrected chi connectivity index (χ3v) is 5.43. The standard InChI is InChI=1S/C17H16BrNO4S/c1-22-17(21)15-13(19-16(20)11-5-6-23-9-11)8-14(24-15)10-3-2-4-12(18)7-10/h2-4,7-8,11H,5-6,9H2,1H3,(H,19,20)/t11-/m1/s1. The maximum atomic E-state index is 12.3. The maximum Gasteiger partial charge on any atom is 0.350 e. The molecular formula is C17H16BrNO4S. The van der Waals surface area contributed by atoms with Crippen LogP contribution in [0.4, 0.5) is 5.69 Å². The van der Waals surface area contributed by atoms with Gasteiger partial charge in [0.15, 0.2) is 0 Å². The summed E-state index contributed by atoms with van der Waals surface area (Å²) in [6.45, 7) is 1.01. The number of carbonyl (C=O) groups is 2. The molecule has 2 aromatic rings. The van der Waals surface area contributed by atoms with E-state index in [0.717, 1.165) is 14.9 Å². The first-order chi connectivity index (χ1) is 11.6. The minimum Gasteiger partial charge on any atom is -0.465 e. The Labute approximate surface area is 152 Å². The van der Waals surface area contributed by atoms with Crippen LogP contribution in [0.1, 0.15) is 16.1 Å². The normalized spacial score (nSPS) is 16.8. The third kappa shape index (κ3) is 3.68. The lowest BCUT2D eigenvalue weighted by atomic mass is 10.1. The number of amides is 1. The van der Waals surface area contributed by atoms with Gasteiger partial charge in [0.25, 0.3) is 0 Å². The second-order valence-corrected chi connectivity index (χ2v) is 7.37. The van der Waals surface area contributed by atoms with Crippen molar-refractivity contribution in [3.63, 3.8) is 0 Å². The lowest BCUT2D eigenvalue weighted by Crippen LogP contribution is -2.23. The SMILES string of the molecule is COC(=O)c1sc(-c2cccc(Br)c2)cc1NC(=O)[C@@H]1CCOC1. The number of thiophene rings is 1. The molecule has 0 saturated carbocycles. The summed E-state index contributed by atoms with van der Waals surface area (Å²) in [6, 6.07) is 9.58. The van der Waals surface area contributed by atoms with E-state index < -0.39 is 5.97 Å². The number of nitrogens with one attached hydrogen (secondary N) is 1. The van der Waals surface area contributed by atoms with E-state index in [-0.39, 0.29) is 11.8 Å². The van der Waals surface area contributed by atoms with E-state index in [0.29, 0.717) is 30.2 Å². The molecule has 1 amide bonds. The molecule has 1 aromatic heterocycles. The Hall–Kier alpha value is -1.70.